The van der Waals surface area contributed by atoms with Crippen LogP contribution in [0.2, 0.25) is 0 Å². The largest absolute Gasteiger partial charge is 0.288 e. The zero-order valence-corrected chi connectivity index (χ0v) is 10.2. The average molecular weight is 269 g/mol. The van der Waals surface area contributed by atoms with Crippen molar-refractivity contribution in [3.63, 3.8) is 0 Å². The Kier molecular flexibility index (Phi) is 3.47. The Bertz CT molecular complexity index is 543. The van der Waals surface area contributed by atoms with E-state index in [0.717, 1.165) is 4.90 Å². The van der Waals surface area contributed by atoms with E-state index in [1.807, 2.05) is 0 Å². The molecule has 1 aliphatic rings. The van der Waals surface area contributed by atoms with Crippen molar-refractivity contribution in [3.8, 4) is 0 Å². The van der Waals surface area contributed by atoms with E-state index >= 15 is 0 Å². The molecule has 0 N–H and O–H groups in total. The molecule has 1 aromatic rings. The number of benzene rings is 1. The van der Waals surface area contributed by atoms with Gasteiger partial charge in [-0.15, -0.1) is 0 Å². The van der Waals surface area contributed by atoms with E-state index in [2.05, 4.69) is 0 Å². The number of hydrogen-bond donors (Lipinski definition) is 0. The van der Waals surface area contributed by atoms with Gasteiger partial charge in [0.15, 0.2) is 0 Å². The van der Waals surface area contributed by atoms with E-state index in [0.29, 0.717) is 17.3 Å². The lowest BCUT2D eigenvalue weighted by Crippen LogP contribution is -2.31. The third kappa shape index (κ3) is 2.28. The third-order valence-corrected chi connectivity index (χ3v) is 3.20. The summed E-state index contributed by atoms with van der Waals surface area (Å²) in [5, 5.41) is 0. The fourth-order valence-electron chi connectivity index (χ4n) is 1.65. The van der Waals surface area contributed by atoms with E-state index in [-0.39, 0.29) is 10.6 Å². The van der Waals surface area contributed by atoms with Gasteiger partial charge in [-0.05, 0) is 19.1 Å². The lowest BCUT2D eigenvalue weighted by molar-refractivity contribution is -0.120. The van der Waals surface area contributed by atoms with Crippen LogP contribution in [0.4, 0.5) is 14.5 Å². The Morgan fingerprint density at radius 2 is 1.89 bits per heavy atom. The molecular weight excluding hydrogens is 260 g/mol. The van der Waals surface area contributed by atoms with Gasteiger partial charge in [-0.25, -0.2) is 4.90 Å². The van der Waals surface area contributed by atoms with Crippen molar-refractivity contribution < 1.29 is 18.4 Å². The monoisotopic (exact) mass is 269 g/mol. The Morgan fingerprint density at radius 3 is 2.44 bits per heavy atom. The first kappa shape index (κ1) is 12.8. The molecule has 0 saturated heterocycles. The Hall–Kier alpha value is -1.69. The number of hydrogen-bond acceptors (Lipinski definition) is 3. The Morgan fingerprint density at radius 1 is 1.22 bits per heavy atom. The van der Waals surface area contributed by atoms with E-state index in [4.69, 9.17) is 0 Å². The number of anilines is 1. The van der Waals surface area contributed by atoms with E-state index in [1.54, 1.807) is 12.1 Å². The van der Waals surface area contributed by atoms with Gasteiger partial charge in [-0.3, -0.25) is 9.59 Å². The van der Waals surface area contributed by atoms with Crippen molar-refractivity contribution in [2.24, 2.45) is 0 Å². The number of alkyl halides is 2. The molecule has 0 atom stereocenters. The molecule has 18 heavy (non-hydrogen) atoms. The summed E-state index contributed by atoms with van der Waals surface area (Å²) in [4.78, 5) is 24.6. The van der Waals surface area contributed by atoms with Crippen LogP contribution in [0, 0.1) is 0 Å². The first-order valence-electron chi connectivity index (χ1n) is 5.11. The zero-order chi connectivity index (χ0) is 13.3. The molecule has 2 amide bonds. The van der Waals surface area contributed by atoms with Gasteiger partial charge in [0.2, 0.25) is 0 Å². The van der Waals surface area contributed by atoms with Crippen LogP contribution >= 0.6 is 11.8 Å². The molecule has 2 rings (SSSR count). The van der Waals surface area contributed by atoms with Crippen molar-refractivity contribution in [2.45, 2.75) is 17.6 Å². The highest BCUT2D eigenvalue weighted by Gasteiger charge is 2.31. The number of thioether (sulfide) groups is 1. The molecule has 0 bridgehead atoms. The van der Waals surface area contributed by atoms with E-state index in [1.165, 1.54) is 25.1 Å². The molecule has 0 aliphatic carbocycles. The summed E-state index contributed by atoms with van der Waals surface area (Å²) in [5.41, 5.74) is 0.503. The molecule has 0 unspecified atom stereocenters. The summed E-state index contributed by atoms with van der Waals surface area (Å²) in [6.07, 6.45) is 1.20. The standard InChI is InChI=1S/C12H9F2NO2S/c1-7-6-10(16)15(11(7)17)8-4-2-3-5-9(8)18-12(13)14/h2-6,12H,1H3. The molecule has 1 heterocycles. The predicted molar refractivity (Wildman–Crippen MR) is 64.6 cm³/mol. The second kappa shape index (κ2) is 4.89. The molecule has 0 aromatic heterocycles. The van der Waals surface area contributed by atoms with Crippen molar-refractivity contribution in [1.82, 2.24) is 0 Å². The normalized spacial score (nSPS) is 15.6. The number of para-hydroxylation sites is 1. The van der Waals surface area contributed by atoms with Crippen LogP contribution in [0.3, 0.4) is 0 Å². The van der Waals surface area contributed by atoms with Crippen LogP contribution < -0.4 is 4.90 Å². The van der Waals surface area contributed by atoms with Crippen molar-refractivity contribution in [2.75, 3.05) is 4.90 Å². The summed E-state index contributed by atoms with van der Waals surface area (Å²) in [5.74, 6) is -3.57. The van der Waals surface area contributed by atoms with Crippen LogP contribution in [0.1, 0.15) is 6.92 Å². The molecule has 0 radical (unpaired) electrons. The van der Waals surface area contributed by atoms with Crippen LogP contribution in [0.25, 0.3) is 0 Å². The number of imide groups is 1. The number of amides is 2. The van der Waals surface area contributed by atoms with Gasteiger partial charge in [0.25, 0.3) is 17.6 Å². The van der Waals surface area contributed by atoms with Gasteiger partial charge in [0.05, 0.1) is 5.69 Å². The highest BCUT2D eigenvalue weighted by atomic mass is 32.2. The molecular formula is C12H9F2NO2S. The molecule has 6 heteroatoms. The number of nitrogens with zero attached hydrogens (tertiary/aromatic N) is 1. The summed E-state index contributed by atoms with van der Waals surface area (Å²) in [6, 6.07) is 6.12. The molecule has 0 saturated carbocycles. The zero-order valence-electron chi connectivity index (χ0n) is 9.39. The maximum Gasteiger partial charge on any atom is 0.288 e. The molecule has 1 aromatic carbocycles. The van der Waals surface area contributed by atoms with Gasteiger partial charge in [-0.1, -0.05) is 23.9 Å². The topological polar surface area (TPSA) is 37.4 Å². The molecule has 94 valence electrons. The smallest absolute Gasteiger partial charge is 0.269 e. The molecule has 0 fully saturated rings. The lowest BCUT2D eigenvalue weighted by Gasteiger charge is -2.17. The van der Waals surface area contributed by atoms with Gasteiger partial charge in [0, 0.05) is 16.5 Å². The summed E-state index contributed by atoms with van der Waals surface area (Å²) < 4.78 is 24.8. The summed E-state index contributed by atoms with van der Waals surface area (Å²) in [6.45, 7) is 1.52. The highest BCUT2D eigenvalue weighted by Crippen LogP contribution is 2.35. The second-order valence-corrected chi connectivity index (χ2v) is 4.68. The maximum atomic E-state index is 12.4. The lowest BCUT2D eigenvalue weighted by atomic mass is 10.3. The van der Waals surface area contributed by atoms with Gasteiger partial charge in [-0.2, -0.15) is 8.78 Å². The highest BCUT2D eigenvalue weighted by molar-refractivity contribution is 7.99. The Labute approximate surface area is 106 Å². The third-order valence-electron chi connectivity index (χ3n) is 2.42. The number of rotatable bonds is 3. The molecule has 3 nitrogen and oxygen atoms in total. The number of halogens is 2. The Balaban J connectivity index is 2.40. The van der Waals surface area contributed by atoms with Crippen LogP contribution in [0.15, 0.2) is 40.8 Å². The molecule has 0 spiro atoms. The summed E-state index contributed by atoms with van der Waals surface area (Å²) in [7, 11) is 0. The van der Waals surface area contributed by atoms with Crippen molar-refractivity contribution in [1.29, 1.82) is 0 Å². The SMILES string of the molecule is CC1=CC(=O)N(c2ccccc2SC(F)F)C1=O. The number of carbonyl (C=O) groups excluding carboxylic acids is 2. The average Bonchev–Trinajstić information content (AvgIpc) is 2.54. The maximum absolute atomic E-state index is 12.4. The minimum absolute atomic E-state index is 0.200. The van der Waals surface area contributed by atoms with Crippen LogP contribution in [0.5, 0.6) is 0 Å². The van der Waals surface area contributed by atoms with Crippen LogP contribution in [-0.4, -0.2) is 17.6 Å². The molecule has 1 aliphatic heterocycles. The van der Waals surface area contributed by atoms with Gasteiger partial charge >= 0.3 is 0 Å². The van der Waals surface area contributed by atoms with E-state index < -0.39 is 17.6 Å². The van der Waals surface area contributed by atoms with Crippen molar-refractivity contribution >= 4 is 29.3 Å². The second-order valence-electron chi connectivity index (χ2n) is 3.65. The first-order valence-corrected chi connectivity index (χ1v) is 5.99. The van der Waals surface area contributed by atoms with Crippen molar-refractivity contribution in [3.05, 3.63) is 35.9 Å². The minimum Gasteiger partial charge on any atom is -0.269 e. The number of carbonyl (C=O) groups is 2. The van der Waals surface area contributed by atoms with Crippen LogP contribution in [-0.2, 0) is 9.59 Å². The quantitative estimate of drug-likeness (QED) is 0.625. The fourth-order valence-corrected chi connectivity index (χ4v) is 2.28. The van der Waals surface area contributed by atoms with E-state index in [9.17, 15) is 18.4 Å². The van der Waals surface area contributed by atoms with Gasteiger partial charge < -0.3 is 0 Å². The first-order chi connectivity index (χ1) is 8.50. The van der Waals surface area contributed by atoms with Gasteiger partial charge in [0.1, 0.15) is 0 Å². The fraction of sp³-hybridized carbons (Fsp3) is 0.167. The predicted octanol–water partition coefficient (Wildman–Crippen LogP) is 2.82. The summed E-state index contributed by atoms with van der Waals surface area (Å²) >= 11 is 0.315. The minimum atomic E-state index is -2.60.